The second kappa shape index (κ2) is 1.26. The maximum Gasteiger partial charge on any atom is 0.0540 e. The predicted molar refractivity (Wildman–Crippen MR) is 36.4 cm³/mol. The van der Waals surface area contributed by atoms with E-state index in [1.807, 2.05) is 11.3 Å². The first-order valence-corrected chi connectivity index (χ1v) is 3.53. The van der Waals surface area contributed by atoms with E-state index in [0.29, 0.717) is 0 Å². The molecular weight excluding hydrogens is 118 g/mol. The fourth-order valence-corrected chi connectivity index (χ4v) is 1.98. The highest BCUT2D eigenvalue weighted by molar-refractivity contribution is 7.10. The summed E-state index contributed by atoms with van der Waals surface area (Å²) in [5.41, 5.74) is 1.43. The predicted octanol–water partition coefficient (Wildman–Crippen LogP) is 1.70. The van der Waals surface area contributed by atoms with Crippen LogP contribution >= 0.6 is 11.3 Å². The molecule has 2 heterocycles. The third kappa shape index (κ3) is 0.364. The summed E-state index contributed by atoms with van der Waals surface area (Å²) in [6.07, 6.45) is 0. The van der Waals surface area contributed by atoms with E-state index in [2.05, 4.69) is 23.4 Å². The molecule has 42 valence electrons. The molecule has 0 fully saturated rings. The van der Waals surface area contributed by atoms with Crippen molar-refractivity contribution in [3.63, 3.8) is 0 Å². The van der Waals surface area contributed by atoms with Gasteiger partial charge >= 0.3 is 0 Å². The average molecular weight is 125 g/mol. The van der Waals surface area contributed by atoms with Crippen LogP contribution in [0.3, 0.4) is 0 Å². The monoisotopic (exact) mass is 125 g/mol. The molecule has 1 aromatic rings. The third-order valence-corrected chi connectivity index (χ3v) is 2.41. The second-order valence-corrected chi connectivity index (χ2v) is 3.09. The highest BCUT2D eigenvalue weighted by Gasteiger charge is 2.18. The summed E-state index contributed by atoms with van der Waals surface area (Å²) in [7, 11) is 2.12. The number of anilines is 1. The highest BCUT2D eigenvalue weighted by atomic mass is 32.1. The summed E-state index contributed by atoms with van der Waals surface area (Å²) in [5.74, 6) is 0. The van der Waals surface area contributed by atoms with Crippen molar-refractivity contribution in [1.29, 1.82) is 0 Å². The van der Waals surface area contributed by atoms with Crippen molar-refractivity contribution in [3.05, 3.63) is 16.3 Å². The minimum absolute atomic E-state index is 1.16. The molecule has 0 atom stereocenters. The van der Waals surface area contributed by atoms with Crippen molar-refractivity contribution in [1.82, 2.24) is 0 Å². The molecule has 8 heavy (non-hydrogen) atoms. The summed E-state index contributed by atoms with van der Waals surface area (Å²) in [6, 6.07) is 2.17. The van der Waals surface area contributed by atoms with Crippen LogP contribution < -0.4 is 4.90 Å². The standard InChI is InChI=1S/C6H7NS/c1-7-4-6-5(7)2-3-8-6/h2-3H,4H2,1H3. The maximum atomic E-state index is 2.26. The molecule has 0 aliphatic carbocycles. The van der Waals surface area contributed by atoms with Crippen LogP contribution in [0, 0.1) is 0 Å². The first-order valence-electron chi connectivity index (χ1n) is 2.65. The van der Waals surface area contributed by atoms with E-state index in [-0.39, 0.29) is 0 Å². The molecule has 0 radical (unpaired) electrons. The molecule has 0 spiro atoms. The molecular formula is C6H7NS. The summed E-state index contributed by atoms with van der Waals surface area (Å²) in [5, 5.41) is 2.15. The number of fused-ring (bicyclic) bond motifs is 1. The minimum Gasteiger partial charge on any atom is -0.368 e. The van der Waals surface area contributed by atoms with Crippen LogP contribution in [-0.2, 0) is 6.54 Å². The van der Waals surface area contributed by atoms with Gasteiger partial charge in [0, 0.05) is 11.9 Å². The molecule has 0 bridgehead atoms. The summed E-state index contributed by atoms with van der Waals surface area (Å²) < 4.78 is 0. The van der Waals surface area contributed by atoms with E-state index in [1.54, 1.807) is 0 Å². The van der Waals surface area contributed by atoms with Gasteiger partial charge in [-0.05, 0) is 11.4 Å². The van der Waals surface area contributed by atoms with Crippen LogP contribution in [0.15, 0.2) is 11.4 Å². The first-order chi connectivity index (χ1) is 3.88. The summed E-state index contributed by atoms with van der Waals surface area (Å²) in [4.78, 5) is 3.79. The number of rotatable bonds is 0. The van der Waals surface area contributed by atoms with E-state index >= 15 is 0 Å². The van der Waals surface area contributed by atoms with Crippen molar-refractivity contribution in [2.24, 2.45) is 0 Å². The molecule has 0 saturated heterocycles. The molecule has 1 aromatic heterocycles. The Bertz CT molecular complexity index is 204. The van der Waals surface area contributed by atoms with Crippen molar-refractivity contribution < 1.29 is 0 Å². The smallest absolute Gasteiger partial charge is 0.0540 e. The van der Waals surface area contributed by atoms with Gasteiger partial charge in [-0.3, -0.25) is 0 Å². The average Bonchev–Trinajstić information content (AvgIpc) is 2.09. The SMILES string of the molecule is CN1Cc2sccc21. The topological polar surface area (TPSA) is 3.24 Å². The van der Waals surface area contributed by atoms with Gasteiger partial charge in [0.2, 0.25) is 0 Å². The van der Waals surface area contributed by atoms with E-state index in [0.717, 1.165) is 6.54 Å². The van der Waals surface area contributed by atoms with Gasteiger partial charge in [0.15, 0.2) is 0 Å². The summed E-state index contributed by atoms with van der Waals surface area (Å²) in [6.45, 7) is 1.16. The lowest BCUT2D eigenvalue weighted by Gasteiger charge is -2.28. The van der Waals surface area contributed by atoms with Crippen molar-refractivity contribution in [2.75, 3.05) is 11.9 Å². The van der Waals surface area contributed by atoms with Crippen LogP contribution in [0.25, 0.3) is 0 Å². The molecule has 0 aromatic carbocycles. The lowest BCUT2D eigenvalue weighted by molar-refractivity contribution is 0.863. The third-order valence-electron chi connectivity index (χ3n) is 1.51. The number of hydrogen-bond acceptors (Lipinski definition) is 2. The van der Waals surface area contributed by atoms with E-state index in [9.17, 15) is 0 Å². The molecule has 0 N–H and O–H groups in total. The Kier molecular flexibility index (Phi) is 0.690. The number of nitrogens with zero attached hydrogens (tertiary/aromatic N) is 1. The van der Waals surface area contributed by atoms with Gasteiger partial charge in [0.05, 0.1) is 12.2 Å². The number of thiophene rings is 1. The van der Waals surface area contributed by atoms with Gasteiger partial charge in [0.1, 0.15) is 0 Å². The molecule has 2 rings (SSSR count). The Labute approximate surface area is 52.6 Å². The van der Waals surface area contributed by atoms with Crippen molar-refractivity contribution in [2.45, 2.75) is 6.54 Å². The largest absolute Gasteiger partial charge is 0.368 e. The van der Waals surface area contributed by atoms with Crippen molar-refractivity contribution in [3.8, 4) is 0 Å². The van der Waals surface area contributed by atoms with Crippen molar-refractivity contribution >= 4 is 17.0 Å². The minimum atomic E-state index is 1.16. The quantitative estimate of drug-likeness (QED) is 0.510. The molecule has 1 nitrogen and oxygen atoms in total. The van der Waals surface area contributed by atoms with Crippen LogP contribution in [0.5, 0.6) is 0 Å². The molecule has 0 amide bonds. The second-order valence-electron chi connectivity index (χ2n) is 2.09. The Morgan fingerprint density at radius 2 is 2.62 bits per heavy atom. The van der Waals surface area contributed by atoms with E-state index in [1.165, 1.54) is 10.6 Å². The fraction of sp³-hybridized carbons (Fsp3) is 0.333. The Morgan fingerprint density at radius 1 is 1.75 bits per heavy atom. The lowest BCUT2D eigenvalue weighted by atomic mass is 10.2. The Hall–Kier alpha value is -0.500. The van der Waals surface area contributed by atoms with Crippen LogP contribution in [0.1, 0.15) is 4.88 Å². The molecule has 1 aliphatic heterocycles. The fourth-order valence-electron chi connectivity index (χ4n) is 1.00. The molecule has 0 unspecified atom stereocenters. The molecule has 2 heteroatoms. The zero-order valence-corrected chi connectivity index (χ0v) is 5.53. The Morgan fingerprint density at radius 3 is 3.12 bits per heavy atom. The number of hydrogen-bond donors (Lipinski definition) is 0. The van der Waals surface area contributed by atoms with Gasteiger partial charge in [-0.1, -0.05) is 0 Å². The van der Waals surface area contributed by atoms with Crippen LogP contribution in [-0.4, -0.2) is 7.05 Å². The lowest BCUT2D eigenvalue weighted by Crippen LogP contribution is -2.24. The van der Waals surface area contributed by atoms with Crippen LogP contribution in [0.4, 0.5) is 5.69 Å². The van der Waals surface area contributed by atoms with Gasteiger partial charge < -0.3 is 4.90 Å². The highest BCUT2D eigenvalue weighted by Crippen LogP contribution is 2.35. The molecule has 0 saturated carbocycles. The van der Waals surface area contributed by atoms with E-state index < -0.39 is 0 Å². The van der Waals surface area contributed by atoms with E-state index in [4.69, 9.17) is 0 Å². The zero-order valence-electron chi connectivity index (χ0n) is 4.72. The van der Waals surface area contributed by atoms with Gasteiger partial charge in [-0.25, -0.2) is 0 Å². The summed E-state index contributed by atoms with van der Waals surface area (Å²) >= 11 is 1.85. The van der Waals surface area contributed by atoms with Gasteiger partial charge in [0.25, 0.3) is 0 Å². The van der Waals surface area contributed by atoms with Gasteiger partial charge in [-0.15, -0.1) is 11.3 Å². The zero-order chi connectivity index (χ0) is 5.56. The molecule has 1 aliphatic rings. The Balaban J connectivity index is 2.53. The first kappa shape index (κ1) is 4.39. The van der Waals surface area contributed by atoms with Crippen LogP contribution in [0.2, 0.25) is 0 Å². The normalized spacial score (nSPS) is 15.4. The maximum absolute atomic E-state index is 2.26. The van der Waals surface area contributed by atoms with Gasteiger partial charge in [-0.2, -0.15) is 0 Å².